The molecule has 0 amide bonds. The van der Waals surface area contributed by atoms with Gasteiger partial charge in [-0.15, -0.1) is 0 Å². The molecule has 84 heavy (non-hydrogen) atoms. The van der Waals surface area contributed by atoms with Crippen LogP contribution in [0.1, 0.15) is 11.1 Å². The minimum Gasteiger partial charge on any atom is -0.487 e. The van der Waals surface area contributed by atoms with Crippen molar-refractivity contribution in [2.24, 2.45) is 0 Å². The second-order valence-corrected chi connectivity index (χ2v) is 20.1. The average molecular weight is 1400 g/mol. The summed E-state index contributed by atoms with van der Waals surface area (Å²) in [6.07, 6.45) is 0. The van der Waals surface area contributed by atoms with E-state index in [-0.39, 0.29) is 52.9 Å². The highest BCUT2D eigenvalue weighted by Crippen LogP contribution is 2.33. The minimum atomic E-state index is -0.592. The number of fused-ring (bicyclic) bond motifs is 4. The Bertz CT molecular complexity index is 2520. The number of rotatable bonds is 10. The number of benzene rings is 5. The average Bonchev–Trinajstić information content (AvgIpc) is 3.56. The van der Waals surface area contributed by atoms with Crippen molar-refractivity contribution in [3.63, 3.8) is 0 Å². The molecule has 0 bridgehead atoms. The Morgan fingerprint density at radius 1 is 0.310 bits per heavy atom. The summed E-state index contributed by atoms with van der Waals surface area (Å²) in [4.78, 5) is 25.9. The summed E-state index contributed by atoms with van der Waals surface area (Å²) in [5.41, 5.74) is 1.33. The summed E-state index contributed by atoms with van der Waals surface area (Å²) < 4.78 is 117. The summed E-state index contributed by atoms with van der Waals surface area (Å²) in [6, 6.07) is 28.9. The van der Waals surface area contributed by atoms with Crippen molar-refractivity contribution in [3.05, 3.63) is 115 Å². The molecule has 2 aliphatic heterocycles. The van der Waals surface area contributed by atoms with Crippen LogP contribution in [-0.2, 0) is 70.2 Å². The molecular weight excluding hydrogens is 1330 g/mol. The molecule has 7 rings (SSSR count). The van der Waals surface area contributed by atoms with Crippen molar-refractivity contribution < 1.29 is 104 Å². The van der Waals surface area contributed by atoms with Crippen LogP contribution in [-0.4, -0.2) is 184 Å². The molecule has 0 unspecified atom stereocenters. The second kappa shape index (κ2) is 39.7. The van der Waals surface area contributed by atoms with Crippen LogP contribution in [0.4, 0.5) is 0 Å². The first-order chi connectivity index (χ1) is 41.4. The molecule has 24 heteroatoms. The van der Waals surface area contributed by atoms with Gasteiger partial charge in [-0.25, -0.2) is 9.59 Å². The molecule has 5 aromatic rings. The van der Waals surface area contributed by atoms with Crippen molar-refractivity contribution in [2.75, 3.05) is 172 Å². The molecule has 2 heterocycles. The van der Waals surface area contributed by atoms with Gasteiger partial charge in [-0.3, -0.25) is 0 Å². The predicted molar refractivity (Wildman–Crippen MR) is 319 cm³/mol. The number of carbonyl (C=O) groups excluding carboxylic acids is 2. The Morgan fingerprint density at radius 2 is 0.548 bits per heavy atom. The molecule has 0 atom stereocenters. The topological polar surface area (TPSA) is 219 Å². The van der Waals surface area contributed by atoms with E-state index in [1.807, 2.05) is 48.5 Å². The van der Waals surface area contributed by atoms with Gasteiger partial charge in [-0.05, 0) is 117 Å². The number of ether oxygens (including phenoxy) is 20. The summed E-state index contributed by atoms with van der Waals surface area (Å²) >= 11 is 4.14. The summed E-state index contributed by atoms with van der Waals surface area (Å²) in [5, 5.41) is 0. The fraction of sp³-hybridized carbons (Fsp3) is 0.467. The summed E-state index contributed by atoms with van der Waals surface area (Å²) in [5.74, 6) is 4.08. The number of carbonyl (C=O) groups is 2. The molecule has 0 aromatic heterocycles. The van der Waals surface area contributed by atoms with Gasteiger partial charge in [0.25, 0.3) is 0 Å². The van der Waals surface area contributed by atoms with Crippen molar-refractivity contribution in [2.45, 2.75) is 13.2 Å². The van der Waals surface area contributed by atoms with E-state index in [4.69, 9.17) is 94.7 Å². The maximum absolute atomic E-state index is 13.0. The fourth-order valence-electron chi connectivity index (χ4n) is 7.51. The van der Waals surface area contributed by atoms with Crippen molar-refractivity contribution in [1.82, 2.24) is 0 Å². The maximum Gasteiger partial charge on any atom is 0.344 e. The monoisotopic (exact) mass is 1400 g/mol. The number of hydrogen-bond donors (Lipinski definition) is 0. The van der Waals surface area contributed by atoms with Gasteiger partial charge in [0.2, 0.25) is 0 Å². The van der Waals surface area contributed by atoms with Crippen LogP contribution in [0.5, 0.6) is 57.5 Å². The third-order valence-electron chi connectivity index (χ3n) is 11.6. The smallest absolute Gasteiger partial charge is 0.344 e. The third-order valence-corrected chi connectivity index (χ3v) is 13.2. The highest BCUT2D eigenvalue weighted by molar-refractivity contribution is 14.1. The lowest BCUT2D eigenvalue weighted by atomic mass is 10.2. The Hall–Kier alpha value is -5.82. The molecule has 0 radical (unpaired) electrons. The molecule has 458 valence electrons. The first-order valence-electron chi connectivity index (χ1n) is 27.5. The minimum absolute atomic E-state index is 0.0488. The molecule has 0 fully saturated rings. The number of hydrogen-bond acceptors (Lipinski definition) is 22. The van der Waals surface area contributed by atoms with Crippen LogP contribution in [0.3, 0.4) is 0 Å². The molecular formula is C60H72I2O22. The molecule has 0 saturated carbocycles. The van der Waals surface area contributed by atoms with Gasteiger partial charge in [0.05, 0.1) is 113 Å². The van der Waals surface area contributed by atoms with Gasteiger partial charge in [0, 0.05) is 0 Å². The molecule has 0 aliphatic carbocycles. The first-order valence-corrected chi connectivity index (χ1v) is 29.7. The zero-order valence-corrected chi connectivity index (χ0v) is 51.1. The van der Waals surface area contributed by atoms with Gasteiger partial charge in [0.15, 0.2) is 59.2 Å². The predicted octanol–water partition coefficient (Wildman–Crippen LogP) is 7.73. The number of esters is 2. The van der Waals surface area contributed by atoms with Gasteiger partial charge in [0.1, 0.15) is 77.6 Å². The number of para-hydroxylation sites is 4. The molecule has 0 N–H and O–H groups in total. The Kier molecular flexibility index (Phi) is 31.1. The first kappa shape index (κ1) is 65.7. The Labute approximate surface area is 516 Å². The van der Waals surface area contributed by atoms with Gasteiger partial charge >= 0.3 is 11.9 Å². The maximum atomic E-state index is 13.0. The van der Waals surface area contributed by atoms with Crippen LogP contribution in [0.25, 0.3) is 0 Å². The quantitative estimate of drug-likeness (QED) is 0.0965. The van der Waals surface area contributed by atoms with E-state index >= 15 is 0 Å². The largest absolute Gasteiger partial charge is 0.487 e. The lowest BCUT2D eigenvalue weighted by molar-refractivity contribution is -0.148. The van der Waals surface area contributed by atoms with E-state index in [1.165, 1.54) is 0 Å². The Morgan fingerprint density at radius 3 is 0.821 bits per heavy atom. The summed E-state index contributed by atoms with van der Waals surface area (Å²) in [6.45, 7) is 7.30. The second-order valence-electron chi connectivity index (χ2n) is 17.8. The highest BCUT2D eigenvalue weighted by Gasteiger charge is 2.17. The van der Waals surface area contributed by atoms with Crippen LogP contribution >= 0.6 is 45.2 Å². The van der Waals surface area contributed by atoms with Crippen LogP contribution < -0.4 is 47.4 Å². The van der Waals surface area contributed by atoms with Crippen LogP contribution in [0.15, 0.2) is 97.1 Å². The molecule has 5 aromatic carbocycles. The van der Waals surface area contributed by atoms with E-state index in [9.17, 15) is 9.59 Å². The molecule has 0 spiro atoms. The molecule has 2 aliphatic rings. The standard InChI is InChI=1S/C60H72I2O22/c61-47-40-56(82-44-60(64)84-42-46-10-12-54-58(38-46)80-36-28-72-20-18-68-24-32-76-52-8-4-2-6-50(52)74-30-22-66-14-16-70-26-34-78-54)48(62)39-55(47)81-43-59(63)83-41-45-9-11-53-57(37-45)79-35-27-71-19-17-67-23-31-75-51-7-3-1-5-49(51)73-29-21-65-13-15-69-25-33-77-53/h1-12,37-40H,13-36,41-44H2. The van der Waals surface area contributed by atoms with Crippen LogP contribution in [0.2, 0.25) is 0 Å². The van der Waals surface area contributed by atoms with Gasteiger partial charge < -0.3 is 94.7 Å². The Balaban J connectivity index is 0.814. The fourth-order valence-corrected chi connectivity index (χ4v) is 8.70. The third kappa shape index (κ3) is 25.4. The lowest BCUT2D eigenvalue weighted by Crippen LogP contribution is -2.17. The number of halogens is 2. The van der Waals surface area contributed by atoms with Crippen molar-refractivity contribution in [3.8, 4) is 57.5 Å². The molecule has 22 nitrogen and oxygen atoms in total. The zero-order valence-electron chi connectivity index (χ0n) is 46.8. The summed E-state index contributed by atoms with van der Waals surface area (Å²) in [7, 11) is 0. The van der Waals surface area contributed by atoms with E-state index < -0.39 is 11.9 Å². The highest BCUT2D eigenvalue weighted by atomic mass is 127. The zero-order chi connectivity index (χ0) is 58.5. The SMILES string of the molecule is O=C(COc1cc(I)c(OCC(=O)OCc2ccc3c(c2)OCCOCCOCCOc2ccccc2OCCOCCOCCO3)cc1I)OCc1ccc2c(c1)OCCOCCOCCOc1ccccc1OCCOCCOCCO2. The van der Waals surface area contributed by atoms with Gasteiger partial charge in [-0.2, -0.15) is 0 Å². The lowest BCUT2D eigenvalue weighted by Gasteiger charge is -2.16. The van der Waals surface area contributed by atoms with E-state index in [0.717, 1.165) is 0 Å². The van der Waals surface area contributed by atoms with Crippen molar-refractivity contribution >= 4 is 57.1 Å². The van der Waals surface area contributed by atoms with Crippen LogP contribution in [0, 0.1) is 7.14 Å². The van der Waals surface area contributed by atoms with E-state index in [1.54, 1.807) is 48.5 Å². The van der Waals surface area contributed by atoms with E-state index in [2.05, 4.69) is 45.2 Å². The van der Waals surface area contributed by atoms with E-state index in [0.29, 0.717) is 208 Å². The van der Waals surface area contributed by atoms with Crippen molar-refractivity contribution in [1.29, 1.82) is 0 Å². The normalized spacial score (nSPS) is 16.7. The molecule has 0 saturated heterocycles. The van der Waals surface area contributed by atoms with Gasteiger partial charge in [-0.1, -0.05) is 36.4 Å².